The summed E-state index contributed by atoms with van der Waals surface area (Å²) in [6, 6.07) is 5.30. The predicted octanol–water partition coefficient (Wildman–Crippen LogP) is 3.23. The van der Waals surface area contributed by atoms with Crippen molar-refractivity contribution in [3.05, 3.63) is 29.8 Å². The molecule has 1 aliphatic heterocycles. The molecular formula is C14H16F3N3. The average molecular weight is 283 g/mol. The number of hydrogen-bond donors (Lipinski definition) is 1. The van der Waals surface area contributed by atoms with E-state index in [1.807, 2.05) is 0 Å². The van der Waals surface area contributed by atoms with Gasteiger partial charge in [0.05, 0.1) is 11.3 Å². The number of anilines is 1. The van der Waals surface area contributed by atoms with E-state index < -0.39 is 11.7 Å². The van der Waals surface area contributed by atoms with Crippen LogP contribution in [0.5, 0.6) is 0 Å². The Morgan fingerprint density at radius 2 is 2.10 bits per heavy atom. The summed E-state index contributed by atoms with van der Waals surface area (Å²) in [5.41, 5.74) is -0.146. The van der Waals surface area contributed by atoms with Gasteiger partial charge in [-0.05, 0) is 37.0 Å². The minimum atomic E-state index is -4.31. The minimum Gasteiger partial charge on any atom is -0.372 e. The molecule has 0 unspecified atom stereocenters. The lowest BCUT2D eigenvalue weighted by molar-refractivity contribution is -0.137. The van der Waals surface area contributed by atoms with E-state index in [4.69, 9.17) is 0 Å². The standard InChI is InChI=1S/C14H16F3N3/c15-14(16,17)11-2-1-3-12(8-11)20-7-6-13(19-20)18-9-10-4-5-10/h1-3,8,10H,4-7,9H2,(H,18,19). The lowest BCUT2D eigenvalue weighted by atomic mass is 10.2. The number of hydrogen-bond acceptors (Lipinski definition) is 3. The average Bonchev–Trinajstić information content (AvgIpc) is 3.12. The van der Waals surface area contributed by atoms with Gasteiger partial charge in [0.25, 0.3) is 0 Å². The van der Waals surface area contributed by atoms with Crippen LogP contribution in [0.3, 0.4) is 0 Å². The number of halogens is 3. The third-order valence-corrected chi connectivity index (χ3v) is 3.57. The molecule has 1 N–H and O–H groups in total. The van der Waals surface area contributed by atoms with Crippen LogP contribution >= 0.6 is 0 Å². The fourth-order valence-corrected chi connectivity index (χ4v) is 2.20. The van der Waals surface area contributed by atoms with Crippen LogP contribution in [-0.4, -0.2) is 18.9 Å². The van der Waals surface area contributed by atoms with E-state index in [-0.39, 0.29) is 0 Å². The van der Waals surface area contributed by atoms with Crippen LogP contribution in [0.4, 0.5) is 18.9 Å². The van der Waals surface area contributed by atoms with Gasteiger partial charge >= 0.3 is 6.18 Å². The molecule has 108 valence electrons. The number of alkyl halides is 3. The summed E-state index contributed by atoms with van der Waals surface area (Å²) >= 11 is 0. The SMILES string of the molecule is FC(F)(F)c1cccc(N2CCC(NCC3CC3)=N2)c1. The zero-order valence-corrected chi connectivity index (χ0v) is 11.0. The van der Waals surface area contributed by atoms with Crippen molar-refractivity contribution in [2.75, 3.05) is 18.1 Å². The number of amidine groups is 1. The van der Waals surface area contributed by atoms with Crippen molar-refractivity contribution in [3.8, 4) is 0 Å². The Labute approximate surface area is 115 Å². The van der Waals surface area contributed by atoms with Gasteiger partial charge in [-0.1, -0.05) is 6.07 Å². The van der Waals surface area contributed by atoms with Crippen molar-refractivity contribution in [1.82, 2.24) is 5.32 Å². The van der Waals surface area contributed by atoms with Gasteiger partial charge in [0.1, 0.15) is 5.84 Å². The summed E-state index contributed by atoms with van der Waals surface area (Å²) in [5.74, 6) is 1.62. The smallest absolute Gasteiger partial charge is 0.372 e. The second-order valence-electron chi connectivity index (χ2n) is 5.29. The molecule has 1 aromatic rings. The summed E-state index contributed by atoms with van der Waals surface area (Å²) in [5, 5.41) is 9.26. The number of benzene rings is 1. The topological polar surface area (TPSA) is 27.6 Å². The number of nitrogens with one attached hydrogen (secondary N) is 1. The largest absolute Gasteiger partial charge is 0.416 e. The van der Waals surface area contributed by atoms with Gasteiger partial charge < -0.3 is 5.32 Å². The predicted molar refractivity (Wildman–Crippen MR) is 71.6 cm³/mol. The first-order valence-corrected chi connectivity index (χ1v) is 6.78. The molecule has 2 aliphatic rings. The van der Waals surface area contributed by atoms with Crippen molar-refractivity contribution in [2.45, 2.75) is 25.4 Å². The summed E-state index contributed by atoms with van der Waals surface area (Å²) in [4.78, 5) is 0. The Balaban J connectivity index is 1.69. The maximum absolute atomic E-state index is 12.7. The molecule has 1 fully saturated rings. The van der Waals surface area contributed by atoms with E-state index >= 15 is 0 Å². The minimum absolute atomic E-state index is 0.489. The van der Waals surface area contributed by atoms with E-state index in [1.165, 1.54) is 18.9 Å². The van der Waals surface area contributed by atoms with Gasteiger partial charge in [-0.15, -0.1) is 0 Å². The first-order chi connectivity index (χ1) is 9.52. The molecule has 1 aliphatic carbocycles. The summed E-state index contributed by atoms with van der Waals surface area (Å²) in [6.45, 7) is 1.55. The lowest BCUT2D eigenvalue weighted by Crippen LogP contribution is -2.23. The molecule has 1 aromatic carbocycles. The lowest BCUT2D eigenvalue weighted by Gasteiger charge is -2.15. The van der Waals surface area contributed by atoms with E-state index in [2.05, 4.69) is 10.4 Å². The quantitative estimate of drug-likeness (QED) is 0.922. The van der Waals surface area contributed by atoms with Crippen molar-refractivity contribution in [3.63, 3.8) is 0 Å². The maximum atomic E-state index is 12.7. The third-order valence-electron chi connectivity index (χ3n) is 3.57. The van der Waals surface area contributed by atoms with Gasteiger partial charge in [-0.25, -0.2) is 0 Å². The van der Waals surface area contributed by atoms with Crippen LogP contribution in [0.1, 0.15) is 24.8 Å². The normalized spacial score (nSPS) is 19.1. The molecule has 0 radical (unpaired) electrons. The van der Waals surface area contributed by atoms with Gasteiger partial charge in [0.15, 0.2) is 0 Å². The molecule has 0 amide bonds. The summed E-state index contributed by atoms with van der Waals surface area (Å²) in [7, 11) is 0. The van der Waals surface area contributed by atoms with Gasteiger partial charge in [-0.2, -0.15) is 18.3 Å². The second kappa shape index (κ2) is 5.00. The monoisotopic (exact) mass is 283 g/mol. The zero-order chi connectivity index (χ0) is 14.2. The highest BCUT2D eigenvalue weighted by atomic mass is 19.4. The Morgan fingerprint density at radius 1 is 1.30 bits per heavy atom. The van der Waals surface area contributed by atoms with Crippen molar-refractivity contribution in [2.24, 2.45) is 11.0 Å². The third kappa shape index (κ3) is 3.05. The number of hydrazone groups is 1. The van der Waals surface area contributed by atoms with Gasteiger partial charge in [0, 0.05) is 19.5 Å². The van der Waals surface area contributed by atoms with Crippen molar-refractivity contribution >= 4 is 11.5 Å². The Bertz CT molecular complexity index is 521. The molecule has 0 aromatic heterocycles. The maximum Gasteiger partial charge on any atom is 0.416 e. The molecule has 0 bridgehead atoms. The van der Waals surface area contributed by atoms with Gasteiger partial charge in [0.2, 0.25) is 0 Å². The van der Waals surface area contributed by atoms with Crippen LogP contribution in [0.15, 0.2) is 29.4 Å². The Morgan fingerprint density at radius 3 is 2.80 bits per heavy atom. The van der Waals surface area contributed by atoms with E-state index in [1.54, 1.807) is 11.1 Å². The molecule has 1 heterocycles. The van der Waals surface area contributed by atoms with E-state index in [0.717, 1.165) is 36.9 Å². The first kappa shape index (κ1) is 13.3. The fourth-order valence-electron chi connectivity index (χ4n) is 2.20. The van der Waals surface area contributed by atoms with Crippen LogP contribution < -0.4 is 10.3 Å². The molecule has 3 nitrogen and oxygen atoms in total. The van der Waals surface area contributed by atoms with Crippen LogP contribution in [-0.2, 0) is 6.18 Å². The van der Waals surface area contributed by atoms with Crippen LogP contribution in [0.2, 0.25) is 0 Å². The molecule has 0 spiro atoms. The molecule has 1 saturated carbocycles. The zero-order valence-electron chi connectivity index (χ0n) is 11.0. The summed E-state index contributed by atoms with van der Waals surface area (Å²) in [6.07, 6.45) is -1.04. The van der Waals surface area contributed by atoms with Crippen LogP contribution in [0.25, 0.3) is 0 Å². The highest BCUT2D eigenvalue weighted by Crippen LogP contribution is 2.32. The first-order valence-electron chi connectivity index (χ1n) is 6.78. The van der Waals surface area contributed by atoms with Crippen LogP contribution in [0, 0.1) is 5.92 Å². The molecule has 20 heavy (non-hydrogen) atoms. The molecular weight excluding hydrogens is 267 g/mol. The molecule has 0 saturated heterocycles. The highest BCUT2D eigenvalue weighted by Gasteiger charge is 2.31. The van der Waals surface area contributed by atoms with E-state index in [0.29, 0.717) is 12.2 Å². The summed E-state index contributed by atoms with van der Waals surface area (Å²) < 4.78 is 38.0. The molecule has 0 atom stereocenters. The number of nitrogens with zero attached hydrogens (tertiary/aromatic N) is 2. The van der Waals surface area contributed by atoms with Crippen molar-refractivity contribution < 1.29 is 13.2 Å². The number of rotatable bonds is 3. The highest BCUT2D eigenvalue weighted by molar-refractivity contribution is 5.85. The Hall–Kier alpha value is -1.72. The second-order valence-corrected chi connectivity index (χ2v) is 5.29. The molecule has 6 heteroatoms. The molecule has 3 rings (SSSR count). The van der Waals surface area contributed by atoms with Gasteiger partial charge in [-0.3, -0.25) is 5.01 Å². The van der Waals surface area contributed by atoms with E-state index in [9.17, 15) is 13.2 Å². The fraction of sp³-hybridized carbons (Fsp3) is 0.500. The van der Waals surface area contributed by atoms with Crippen molar-refractivity contribution in [1.29, 1.82) is 0 Å². The Kier molecular flexibility index (Phi) is 3.31.